The van der Waals surface area contributed by atoms with Crippen molar-refractivity contribution in [2.75, 3.05) is 0 Å². The van der Waals surface area contributed by atoms with Crippen LogP contribution in [-0.4, -0.2) is 4.57 Å². The second-order valence-corrected chi connectivity index (χ2v) is 5.22. The summed E-state index contributed by atoms with van der Waals surface area (Å²) >= 11 is 0. The largest absolute Gasteiger partial charge is 0.489 e. The van der Waals surface area contributed by atoms with Crippen molar-refractivity contribution < 1.29 is 4.74 Å². The van der Waals surface area contributed by atoms with Gasteiger partial charge in [0.25, 0.3) is 0 Å². The molecule has 2 aromatic carbocycles. The zero-order valence-corrected chi connectivity index (χ0v) is 12.6. The number of aromatic nitrogens is 1. The van der Waals surface area contributed by atoms with Crippen LogP contribution in [0.2, 0.25) is 0 Å². The van der Waals surface area contributed by atoms with E-state index in [1.807, 2.05) is 49.6 Å². The fourth-order valence-corrected chi connectivity index (χ4v) is 2.25. The lowest BCUT2D eigenvalue weighted by Gasteiger charge is -2.06. The van der Waals surface area contributed by atoms with Gasteiger partial charge >= 0.3 is 0 Å². The highest BCUT2D eigenvalue weighted by atomic mass is 16.5. The van der Waals surface area contributed by atoms with Crippen LogP contribution in [0, 0.1) is 0 Å². The first kappa shape index (κ1) is 14.2. The van der Waals surface area contributed by atoms with Crippen LogP contribution < -0.4 is 4.74 Å². The third kappa shape index (κ3) is 3.67. The smallest absolute Gasteiger partial charge is 0.119 e. The highest BCUT2D eigenvalue weighted by Crippen LogP contribution is 2.16. The molecule has 0 radical (unpaired) electrons. The zero-order valence-electron chi connectivity index (χ0n) is 12.6. The summed E-state index contributed by atoms with van der Waals surface area (Å²) in [4.78, 5) is 0. The van der Waals surface area contributed by atoms with E-state index in [-0.39, 0.29) is 0 Å². The number of aryl methyl sites for hydroxylation is 1. The maximum atomic E-state index is 5.79. The van der Waals surface area contributed by atoms with Crippen molar-refractivity contribution in [2.24, 2.45) is 7.05 Å². The second kappa shape index (κ2) is 6.81. The third-order valence-electron chi connectivity index (χ3n) is 3.56. The zero-order chi connectivity index (χ0) is 15.2. The van der Waals surface area contributed by atoms with Crippen LogP contribution in [0.1, 0.15) is 16.8 Å². The first-order chi connectivity index (χ1) is 10.8. The van der Waals surface area contributed by atoms with E-state index in [9.17, 15) is 0 Å². The number of ether oxygens (including phenoxy) is 1. The van der Waals surface area contributed by atoms with E-state index in [1.165, 1.54) is 11.3 Å². The van der Waals surface area contributed by atoms with Crippen molar-refractivity contribution in [2.45, 2.75) is 6.61 Å². The van der Waals surface area contributed by atoms with E-state index in [4.69, 9.17) is 4.74 Å². The molecular weight excluding hydrogens is 270 g/mol. The van der Waals surface area contributed by atoms with Gasteiger partial charge in [-0.25, -0.2) is 0 Å². The quantitative estimate of drug-likeness (QED) is 0.659. The SMILES string of the molecule is Cn1cccc1/C=C/c1ccc(OCc2ccccc2)cc1. The first-order valence-corrected chi connectivity index (χ1v) is 7.37. The Labute approximate surface area is 131 Å². The Kier molecular flexibility index (Phi) is 4.40. The van der Waals surface area contributed by atoms with Gasteiger partial charge in [-0.1, -0.05) is 48.5 Å². The van der Waals surface area contributed by atoms with Gasteiger partial charge in [0.1, 0.15) is 12.4 Å². The molecular formula is C20H19NO. The van der Waals surface area contributed by atoms with Gasteiger partial charge in [-0.3, -0.25) is 0 Å². The average molecular weight is 289 g/mol. The van der Waals surface area contributed by atoms with Gasteiger partial charge in [-0.05, 0) is 41.5 Å². The Morgan fingerprint density at radius 1 is 0.864 bits per heavy atom. The fourth-order valence-electron chi connectivity index (χ4n) is 2.25. The van der Waals surface area contributed by atoms with Crippen molar-refractivity contribution in [1.29, 1.82) is 0 Å². The summed E-state index contributed by atoms with van der Waals surface area (Å²) in [6.07, 6.45) is 6.26. The van der Waals surface area contributed by atoms with Gasteiger partial charge in [-0.2, -0.15) is 0 Å². The molecule has 0 aliphatic carbocycles. The van der Waals surface area contributed by atoms with Crippen LogP contribution in [0.5, 0.6) is 5.75 Å². The minimum Gasteiger partial charge on any atom is -0.489 e. The standard InChI is InChI=1S/C20H19NO/c1-21-15-5-8-19(21)12-9-17-10-13-20(14-11-17)22-16-18-6-3-2-4-7-18/h2-15H,16H2,1H3/b12-9+. The molecule has 3 aromatic rings. The van der Waals surface area contributed by atoms with Crippen molar-refractivity contribution >= 4 is 12.2 Å². The van der Waals surface area contributed by atoms with Gasteiger partial charge < -0.3 is 9.30 Å². The highest BCUT2D eigenvalue weighted by Gasteiger charge is 1.96. The van der Waals surface area contributed by atoms with Crippen LogP contribution in [0.4, 0.5) is 0 Å². The number of benzene rings is 2. The summed E-state index contributed by atoms with van der Waals surface area (Å²) in [5, 5.41) is 0. The Morgan fingerprint density at radius 2 is 1.64 bits per heavy atom. The molecule has 0 unspecified atom stereocenters. The van der Waals surface area contributed by atoms with E-state index in [0.29, 0.717) is 6.61 Å². The van der Waals surface area contributed by atoms with Gasteiger partial charge in [0.05, 0.1) is 0 Å². The molecule has 1 aromatic heterocycles. The topological polar surface area (TPSA) is 14.2 Å². The Bertz CT molecular complexity index is 739. The predicted molar refractivity (Wildman–Crippen MR) is 91.6 cm³/mol. The lowest BCUT2D eigenvalue weighted by atomic mass is 10.2. The van der Waals surface area contributed by atoms with Crippen LogP contribution >= 0.6 is 0 Å². The molecule has 0 N–H and O–H groups in total. The summed E-state index contributed by atoms with van der Waals surface area (Å²) < 4.78 is 7.88. The molecule has 22 heavy (non-hydrogen) atoms. The van der Waals surface area contributed by atoms with Gasteiger partial charge in [-0.15, -0.1) is 0 Å². The van der Waals surface area contributed by atoms with Crippen molar-refractivity contribution in [3.63, 3.8) is 0 Å². The van der Waals surface area contributed by atoms with Crippen molar-refractivity contribution in [3.05, 3.63) is 89.7 Å². The van der Waals surface area contributed by atoms with Crippen LogP contribution in [0.25, 0.3) is 12.2 Å². The minimum absolute atomic E-state index is 0.597. The van der Waals surface area contributed by atoms with Crippen molar-refractivity contribution in [3.8, 4) is 5.75 Å². The maximum Gasteiger partial charge on any atom is 0.119 e. The Balaban J connectivity index is 1.61. The lowest BCUT2D eigenvalue weighted by molar-refractivity contribution is 0.306. The normalized spacial score (nSPS) is 11.0. The van der Waals surface area contributed by atoms with E-state index < -0.39 is 0 Å². The molecule has 2 nitrogen and oxygen atoms in total. The molecule has 0 spiro atoms. The van der Waals surface area contributed by atoms with Crippen molar-refractivity contribution in [1.82, 2.24) is 4.57 Å². The molecule has 3 rings (SSSR count). The molecule has 110 valence electrons. The monoisotopic (exact) mass is 289 g/mol. The second-order valence-electron chi connectivity index (χ2n) is 5.22. The molecule has 0 bridgehead atoms. The van der Waals surface area contributed by atoms with Gasteiger partial charge in [0.15, 0.2) is 0 Å². The summed E-state index contributed by atoms with van der Waals surface area (Å²) in [7, 11) is 2.04. The maximum absolute atomic E-state index is 5.79. The van der Waals surface area contributed by atoms with E-state index >= 15 is 0 Å². The fraction of sp³-hybridized carbons (Fsp3) is 0.100. The Morgan fingerprint density at radius 3 is 2.32 bits per heavy atom. The molecule has 0 aliphatic rings. The lowest BCUT2D eigenvalue weighted by Crippen LogP contribution is -1.94. The van der Waals surface area contributed by atoms with Gasteiger partial charge in [0.2, 0.25) is 0 Å². The average Bonchev–Trinajstić information content (AvgIpc) is 2.98. The molecule has 0 atom stereocenters. The highest BCUT2D eigenvalue weighted by molar-refractivity contribution is 5.68. The molecule has 2 heteroatoms. The van der Waals surface area contributed by atoms with E-state index in [1.54, 1.807) is 0 Å². The summed E-state index contributed by atoms with van der Waals surface area (Å²) in [6, 6.07) is 22.5. The van der Waals surface area contributed by atoms with Crippen LogP contribution in [0.15, 0.2) is 72.9 Å². The minimum atomic E-state index is 0.597. The first-order valence-electron chi connectivity index (χ1n) is 7.37. The number of nitrogens with zero attached hydrogens (tertiary/aromatic N) is 1. The molecule has 0 fully saturated rings. The van der Waals surface area contributed by atoms with Crippen LogP contribution in [-0.2, 0) is 13.7 Å². The number of hydrogen-bond donors (Lipinski definition) is 0. The molecule has 0 saturated heterocycles. The molecule has 1 heterocycles. The van der Waals surface area contributed by atoms with E-state index in [0.717, 1.165) is 11.3 Å². The van der Waals surface area contributed by atoms with Crippen LogP contribution in [0.3, 0.4) is 0 Å². The predicted octanol–water partition coefficient (Wildman–Crippen LogP) is 4.77. The Hall–Kier alpha value is -2.74. The summed E-state index contributed by atoms with van der Waals surface area (Å²) in [5.74, 6) is 0.889. The molecule has 0 aliphatic heterocycles. The van der Waals surface area contributed by atoms with E-state index in [2.05, 4.69) is 47.1 Å². The number of rotatable bonds is 5. The molecule has 0 saturated carbocycles. The number of hydrogen-bond acceptors (Lipinski definition) is 1. The summed E-state index contributed by atoms with van der Waals surface area (Å²) in [6.45, 7) is 0.597. The third-order valence-corrected chi connectivity index (χ3v) is 3.56. The molecule has 0 amide bonds. The summed E-state index contributed by atoms with van der Waals surface area (Å²) in [5.41, 5.74) is 3.52. The van der Waals surface area contributed by atoms with Gasteiger partial charge in [0, 0.05) is 18.9 Å².